The summed E-state index contributed by atoms with van der Waals surface area (Å²) in [6.07, 6.45) is 0. The van der Waals surface area contributed by atoms with Crippen molar-refractivity contribution < 1.29 is 0 Å². The number of hydrogen-bond acceptors (Lipinski definition) is 2. The van der Waals surface area contributed by atoms with Gasteiger partial charge in [0.1, 0.15) is 0 Å². The molecule has 12 aromatic rings. The predicted octanol–water partition coefficient (Wildman–Crippen LogP) is 20.2. The first-order valence-corrected chi connectivity index (χ1v) is 26.8. The Morgan fingerprint density at radius 1 is 0.347 bits per heavy atom. The molecule has 3 heteroatoms. The van der Waals surface area contributed by atoms with Crippen LogP contribution in [0, 0.1) is 0 Å². The Kier molecular flexibility index (Phi) is 10.4. The van der Waals surface area contributed by atoms with E-state index in [1.165, 1.54) is 93.4 Å². The van der Waals surface area contributed by atoms with Gasteiger partial charge in [-0.1, -0.05) is 178 Å². The van der Waals surface area contributed by atoms with Crippen LogP contribution >= 0.6 is 0 Å². The lowest BCUT2D eigenvalue weighted by Gasteiger charge is -2.32. The minimum absolute atomic E-state index is 0.00269. The van der Waals surface area contributed by atoms with Crippen LogP contribution in [0.1, 0.15) is 103 Å². The van der Waals surface area contributed by atoms with E-state index in [2.05, 4.69) is 296 Å². The highest BCUT2D eigenvalue weighted by Gasteiger charge is 2.43. The SMILES string of the molecule is CC(C)(C)c1cccc(N(c2ccccc2)c2ccc3c(c2)C(C)(c2ccccc2)c2c-3ccc3cc4c5cc(C(C)(C)C)cc6c7ccc(N(c8ccccc8)c8cccc(C(C)(C)C)c8)cc7n(c4cc23)c65)c1. The molecule has 13 rings (SSSR count). The van der Waals surface area contributed by atoms with Gasteiger partial charge in [-0.05, 0) is 176 Å². The van der Waals surface area contributed by atoms with Crippen molar-refractivity contribution in [3.05, 3.63) is 246 Å². The van der Waals surface area contributed by atoms with Gasteiger partial charge in [-0.2, -0.15) is 0 Å². The van der Waals surface area contributed by atoms with Crippen LogP contribution in [0.25, 0.3) is 60.0 Å². The Labute approximate surface area is 442 Å². The molecule has 0 bridgehead atoms. The summed E-state index contributed by atoms with van der Waals surface area (Å²) >= 11 is 0. The van der Waals surface area contributed by atoms with Gasteiger partial charge < -0.3 is 14.2 Å². The molecule has 3 nitrogen and oxygen atoms in total. The summed E-state index contributed by atoms with van der Waals surface area (Å²) < 4.78 is 2.60. The molecule has 368 valence electrons. The highest BCUT2D eigenvalue weighted by atomic mass is 15.1. The Bertz CT molecular complexity index is 4180. The van der Waals surface area contributed by atoms with Gasteiger partial charge in [0.15, 0.2) is 0 Å². The normalized spacial score (nSPS) is 14.9. The Morgan fingerprint density at radius 3 is 1.40 bits per heavy atom. The first kappa shape index (κ1) is 46.6. The first-order valence-electron chi connectivity index (χ1n) is 26.8. The minimum Gasteiger partial charge on any atom is -0.310 e. The zero-order valence-electron chi connectivity index (χ0n) is 45.0. The predicted molar refractivity (Wildman–Crippen MR) is 322 cm³/mol. The lowest BCUT2D eigenvalue weighted by atomic mass is 9.72. The van der Waals surface area contributed by atoms with Gasteiger partial charge in [-0.3, -0.25) is 0 Å². The largest absolute Gasteiger partial charge is 0.310 e. The highest BCUT2D eigenvalue weighted by Crippen LogP contribution is 2.57. The van der Waals surface area contributed by atoms with E-state index < -0.39 is 5.41 Å². The highest BCUT2D eigenvalue weighted by molar-refractivity contribution is 6.25. The summed E-state index contributed by atoms with van der Waals surface area (Å²) in [5, 5.41) is 7.70. The molecule has 1 unspecified atom stereocenters. The molecule has 0 saturated heterocycles. The maximum absolute atomic E-state index is 2.60. The number of nitrogens with zero attached hydrogens (tertiary/aromatic N) is 3. The van der Waals surface area contributed by atoms with Crippen molar-refractivity contribution in [3.8, 4) is 11.1 Å². The van der Waals surface area contributed by atoms with Crippen LogP contribution in [0.2, 0.25) is 0 Å². The summed E-state index contributed by atoms with van der Waals surface area (Å²) in [6, 6.07) is 80.3. The number of rotatable bonds is 7. The van der Waals surface area contributed by atoms with Crippen molar-refractivity contribution in [1.82, 2.24) is 4.40 Å². The molecule has 1 atom stereocenters. The molecule has 75 heavy (non-hydrogen) atoms. The summed E-state index contributed by atoms with van der Waals surface area (Å²) in [5.41, 5.74) is 20.5. The third kappa shape index (κ3) is 7.37. The number of para-hydroxylation sites is 2. The maximum Gasteiger partial charge on any atom is 0.0620 e. The molecule has 2 heterocycles. The Morgan fingerprint density at radius 2 is 0.827 bits per heavy atom. The third-order valence-corrected chi connectivity index (χ3v) is 16.5. The Balaban J connectivity index is 1.07. The van der Waals surface area contributed by atoms with Gasteiger partial charge in [-0.15, -0.1) is 0 Å². The van der Waals surface area contributed by atoms with Crippen LogP contribution in [0.4, 0.5) is 34.1 Å². The fraction of sp³-hybridized carbons (Fsp3) is 0.194. The number of benzene rings is 10. The molecule has 1 aliphatic carbocycles. The van der Waals surface area contributed by atoms with Crippen molar-refractivity contribution in [3.63, 3.8) is 0 Å². The molecule has 0 N–H and O–H groups in total. The summed E-state index contributed by atoms with van der Waals surface area (Å²) in [4.78, 5) is 4.87. The number of aromatic nitrogens is 1. The maximum atomic E-state index is 2.60. The van der Waals surface area contributed by atoms with Crippen LogP contribution < -0.4 is 9.80 Å². The first-order chi connectivity index (χ1) is 36.0. The Hall–Kier alpha value is -8.14. The lowest BCUT2D eigenvalue weighted by molar-refractivity contribution is 0.590. The van der Waals surface area contributed by atoms with E-state index in [9.17, 15) is 0 Å². The fourth-order valence-electron chi connectivity index (χ4n) is 12.5. The number of fused-ring (bicyclic) bond motifs is 11. The molecule has 1 aliphatic rings. The van der Waals surface area contributed by atoms with Crippen molar-refractivity contribution in [2.24, 2.45) is 0 Å². The van der Waals surface area contributed by atoms with Crippen LogP contribution in [-0.4, -0.2) is 4.40 Å². The quantitative estimate of drug-likeness (QED) is 0.158. The van der Waals surface area contributed by atoms with Crippen LogP contribution in [-0.2, 0) is 21.7 Å². The van der Waals surface area contributed by atoms with E-state index >= 15 is 0 Å². The van der Waals surface area contributed by atoms with Crippen LogP contribution in [0.3, 0.4) is 0 Å². The van der Waals surface area contributed by atoms with Crippen molar-refractivity contribution in [2.75, 3.05) is 9.80 Å². The molecule has 2 aromatic heterocycles. The molecule has 10 aromatic carbocycles. The minimum atomic E-state index is -0.477. The van der Waals surface area contributed by atoms with E-state index in [1.54, 1.807) is 0 Å². The monoisotopic (exact) mass is 972 g/mol. The summed E-state index contributed by atoms with van der Waals surface area (Å²) in [6.45, 7) is 23.3. The van der Waals surface area contributed by atoms with Crippen LogP contribution in [0.15, 0.2) is 212 Å². The second kappa shape index (κ2) is 16.7. The molecular weight excluding hydrogens is 907 g/mol. The molecule has 0 radical (unpaired) electrons. The van der Waals surface area contributed by atoms with E-state index in [0.29, 0.717) is 0 Å². The second-order valence-electron chi connectivity index (χ2n) is 24.4. The van der Waals surface area contributed by atoms with Gasteiger partial charge in [0, 0.05) is 61.1 Å². The zero-order valence-corrected chi connectivity index (χ0v) is 45.0. The lowest BCUT2D eigenvalue weighted by Crippen LogP contribution is -2.23. The standard InChI is InChI=1S/C72H65N3/c1-69(2,3)48-24-20-30-53(39-48)73(51-26-16-12-17-27-51)55-33-36-57-59-35-32-46-38-61-63-42-50(71(7,8)9)41-62-58-37-34-56(74(52-28-18-13-19-29-52)54-31-21-25-49(40-54)70(4,5)6)44-65(58)75(68(62)63)66(61)45-60(46)67(59)72(10,64(57)43-55)47-22-14-11-15-23-47/h11-45H,1-10H3. The van der Waals surface area contributed by atoms with Crippen molar-refractivity contribution in [1.29, 1.82) is 0 Å². The summed E-state index contributed by atoms with van der Waals surface area (Å²) in [5.74, 6) is 0. The van der Waals surface area contributed by atoms with Gasteiger partial charge in [-0.25, -0.2) is 0 Å². The van der Waals surface area contributed by atoms with E-state index in [4.69, 9.17) is 0 Å². The van der Waals surface area contributed by atoms with E-state index in [0.717, 1.165) is 34.1 Å². The van der Waals surface area contributed by atoms with E-state index in [-0.39, 0.29) is 16.2 Å². The van der Waals surface area contributed by atoms with Crippen molar-refractivity contribution >= 4 is 83.0 Å². The van der Waals surface area contributed by atoms with Gasteiger partial charge >= 0.3 is 0 Å². The van der Waals surface area contributed by atoms with Crippen molar-refractivity contribution in [2.45, 2.75) is 90.9 Å². The zero-order chi connectivity index (χ0) is 51.8. The molecule has 0 fully saturated rings. The second-order valence-corrected chi connectivity index (χ2v) is 24.4. The average molecular weight is 972 g/mol. The van der Waals surface area contributed by atoms with E-state index in [1.807, 2.05) is 0 Å². The van der Waals surface area contributed by atoms with Gasteiger partial charge in [0.25, 0.3) is 0 Å². The van der Waals surface area contributed by atoms with Crippen LogP contribution in [0.5, 0.6) is 0 Å². The fourth-order valence-corrected chi connectivity index (χ4v) is 12.5. The molecule has 0 spiro atoms. The molecule has 0 aliphatic heterocycles. The summed E-state index contributed by atoms with van der Waals surface area (Å²) in [7, 11) is 0. The molecule has 0 saturated carbocycles. The number of hydrogen-bond donors (Lipinski definition) is 0. The molecule has 0 amide bonds. The van der Waals surface area contributed by atoms with Gasteiger partial charge in [0.05, 0.1) is 16.6 Å². The molecular formula is C72H65N3. The smallest absolute Gasteiger partial charge is 0.0620 e. The average Bonchev–Trinajstić information content (AvgIpc) is 4.05. The third-order valence-electron chi connectivity index (χ3n) is 16.5. The van der Waals surface area contributed by atoms with Gasteiger partial charge in [0.2, 0.25) is 0 Å². The number of anilines is 6. The topological polar surface area (TPSA) is 10.9 Å².